The second kappa shape index (κ2) is 6.24. The van der Waals surface area contributed by atoms with Crippen LogP contribution in [-0.4, -0.2) is 0 Å². The number of benzene rings is 2. The standard InChI is InChI=1S/C15H10F6S/c16-14(17,18)11-6-12(15(19,20)21)8-13(7-11)22-9-10-4-2-1-3-5-10/h1-8H,9H2. The van der Waals surface area contributed by atoms with Crippen LogP contribution in [0.3, 0.4) is 0 Å². The minimum atomic E-state index is -4.82. The Kier molecular flexibility index (Phi) is 4.75. The first-order chi connectivity index (χ1) is 10.2. The number of halogens is 6. The molecule has 118 valence electrons. The zero-order valence-electron chi connectivity index (χ0n) is 11.0. The van der Waals surface area contributed by atoms with Gasteiger partial charge in [0, 0.05) is 10.6 Å². The molecule has 7 heteroatoms. The van der Waals surface area contributed by atoms with Crippen molar-refractivity contribution in [1.82, 2.24) is 0 Å². The number of rotatable bonds is 3. The second-order valence-electron chi connectivity index (χ2n) is 4.52. The third-order valence-electron chi connectivity index (χ3n) is 2.81. The smallest absolute Gasteiger partial charge is 0.166 e. The van der Waals surface area contributed by atoms with Crippen LogP contribution in [0.15, 0.2) is 53.4 Å². The Morgan fingerprint density at radius 2 is 1.23 bits per heavy atom. The van der Waals surface area contributed by atoms with E-state index >= 15 is 0 Å². The molecule has 0 amide bonds. The van der Waals surface area contributed by atoms with E-state index in [4.69, 9.17) is 0 Å². The van der Waals surface area contributed by atoms with E-state index in [1.165, 1.54) is 0 Å². The number of hydrogen-bond acceptors (Lipinski definition) is 1. The van der Waals surface area contributed by atoms with Crippen LogP contribution >= 0.6 is 11.8 Å². The van der Waals surface area contributed by atoms with Crippen molar-refractivity contribution < 1.29 is 26.3 Å². The predicted molar refractivity (Wildman–Crippen MR) is 72.4 cm³/mol. The van der Waals surface area contributed by atoms with E-state index in [-0.39, 0.29) is 11.0 Å². The van der Waals surface area contributed by atoms with Crippen LogP contribution in [0.25, 0.3) is 0 Å². The van der Waals surface area contributed by atoms with E-state index in [1.807, 2.05) is 0 Å². The van der Waals surface area contributed by atoms with Crippen molar-refractivity contribution in [1.29, 1.82) is 0 Å². The lowest BCUT2D eigenvalue weighted by molar-refractivity contribution is -0.143. The van der Waals surface area contributed by atoms with Crippen molar-refractivity contribution in [2.24, 2.45) is 0 Å². The van der Waals surface area contributed by atoms with Gasteiger partial charge in [-0.3, -0.25) is 0 Å². The SMILES string of the molecule is FC(F)(F)c1cc(SCc2ccccc2)cc(C(F)(F)F)c1. The van der Waals surface area contributed by atoms with Gasteiger partial charge in [0.2, 0.25) is 0 Å². The first kappa shape index (κ1) is 16.7. The van der Waals surface area contributed by atoms with Crippen molar-refractivity contribution >= 4 is 11.8 Å². The van der Waals surface area contributed by atoms with Crippen LogP contribution in [0.4, 0.5) is 26.3 Å². The fourth-order valence-electron chi connectivity index (χ4n) is 1.75. The summed E-state index contributed by atoms with van der Waals surface area (Å²) in [5.41, 5.74) is -1.77. The molecule has 0 aliphatic heterocycles. The summed E-state index contributed by atoms with van der Waals surface area (Å²) in [6.45, 7) is 0. The fraction of sp³-hybridized carbons (Fsp3) is 0.200. The first-order valence-electron chi connectivity index (χ1n) is 6.12. The maximum Gasteiger partial charge on any atom is 0.416 e. The second-order valence-corrected chi connectivity index (χ2v) is 5.56. The lowest BCUT2D eigenvalue weighted by Gasteiger charge is -2.14. The van der Waals surface area contributed by atoms with Crippen molar-refractivity contribution in [3.8, 4) is 0 Å². The van der Waals surface area contributed by atoms with Crippen LogP contribution in [0, 0.1) is 0 Å². The van der Waals surface area contributed by atoms with E-state index in [2.05, 4.69) is 0 Å². The zero-order valence-corrected chi connectivity index (χ0v) is 11.8. The third kappa shape index (κ3) is 4.43. The largest absolute Gasteiger partial charge is 0.416 e. The fourth-order valence-corrected chi connectivity index (χ4v) is 2.70. The molecule has 0 N–H and O–H groups in total. The number of thioether (sulfide) groups is 1. The summed E-state index contributed by atoms with van der Waals surface area (Å²) in [5, 5.41) is 0. The van der Waals surface area contributed by atoms with Gasteiger partial charge < -0.3 is 0 Å². The normalized spacial score (nSPS) is 12.5. The van der Waals surface area contributed by atoms with Gasteiger partial charge in [0.25, 0.3) is 0 Å². The monoisotopic (exact) mass is 336 g/mol. The van der Waals surface area contributed by atoms with Gasteiger partial charge in [0.05, 0.1) is 11.1 Å². The maximum atomic E-state index is 12.7. The van der Waals surface area contributed by atoms with Crippen molar-refractivity contribution in [3.05, 3.63) is 65.2 Å². The van der Waals surface area contributed by atoms with E-state index < -0.39 is 23.5 Å². The van der Waals surface area contributed by atoms with Crippen LogP contribution in [0.1, 0.15) is 16.7 Å². The predicted octanol–water partition coefficient (Wildman–Crippen LogP) is 6.02. The topological polar surface area (TPSA) is 0 Å². The Labute approximate surface area is 127 Å². The molecular weight excluding hydrogens is 326 g/mol. The highest BCUT2D eigenvalue weighted by Gasteiger charge is 2.36. The molecule has 0 atom stereocenters. The molecule has 0 aliphatic rings. The minimum Gasteiger partial charge on any atom is -0.166 e. The van der Waals surface area contributed by atoms with E-state index in [9.17, 15) is 26.3 Å². The van der Waals surface area contributed by atoms with Gasteiger partial charge in [-0.1, -0.05) is 30.3 Å². The molecule has 0 fully saturated rings. The van der Waals surface area contributed by atoms with E-state index in [1.54, 1.807) is 30.3 Å². The molecule has 0 radical (unpaired) electrons. The zero-order chi connectivity index (χ0) is 16.4. The Hall–Kier alpha value is -1.63. The summed E-state index contributed by atoms with van der Waals surface area (Å²) < 4.78 is 76.3. The van der Waals surface area contributed by atoms with Crippen LogP contribution < -0.4 is 0 Å². The summed E-state index contributed by atoms with van der Waals surface area (Å²) in [5.74, 6) is 0.291. The van der Waals surface area contributed by atoms with Crippen LogP contribution in [-0.2, 0) is 18.1 Å². The molecule has 22 heavy (non-hydrogen) atoms. The maximum absolute atomic E-state index is 12.7. The molecule has 0 unspecified atom stereocenters. The molecule has 2 aromatic rings. The van der Waals surface area contributed by atoms with Crippen molar-refractivity contribution in [2.45, 2.75) is 23.0 Å². The van der Waals surface area contributed by atoms with E-state index in [0.29, 0.717) is 5.75 Å². The van der Waals surface area contributed by atoms with Gasteiger partial charge in [-0.2, -0.15) is 26.3 Å². The summed E-state index contributed by atoms with van der Waals surface area (Å²) in [7, 11) is 0. The first-order valence-corrected chi connectivity index (χ1v) is 7.11. The summed E-state index contributed by atoms with van der Waals surface area (Å²) in [6.07, 6.45) is -9.63. The molecule has 0 spiro atoms. The molecule has 0 bridgehead atoms. The highest BCUT2D eigenvalue weighted by Crippen LogP contribution is 2.38. The van der Waals surface area contributed by atoms with Gasteiger partial charge in [0.1, 0.15) is 0 Å². The lowest BCUT2D eigenvalue weighted by Crippen LogP contribution is -2.10. The molecule has 2 rings (SSSR count). The highest BCUT2D eigenvalue weighted by atomic mass is 32.2. The Bertz CT molecular complexity index is 598. The molecule has 0 nitrogen and oxygen atoms in total. The Morgan fingerprint density at radius 1 is 0.727 bits per heavy atom. The van der Waals surface area contributed by atoms with Gasteiger partial charge in [-0.05, 0) is 23.8 Å². The molecule has 2 aromatic carbocycles. The molecular formula is C15H10F6S. The molecule has 0 aromatic heterocycles. The average molecular weight is 336 g/mol. The van der Waals surface area contributed by atoms with Gasteiger partial charge in [0.15, 0.2) is 0 Å². The van der Waals surface area contributed by atoms with Crippen LogP contribution in [0.2, 0.25) is 0 Å². The summed E-state index contributed by atoms with van der Waals surface area (Å²) >= 11 is 0.934. The number of hydrogen-bond donors (Lipinski definition) is 0. The van der Waals surface area contributed by atoms with Crippen molar-refractivity contribution in [2.75, 3.05) is 0 Å². The third-order valence-corrected chi connectivity index (χ3v) is 3.86. The average Bonchev–Trinajstić information content (AvgIpc) is 2.44. The molecule has 0 heterocycles. The van der Waals surface area contributed by atoms with Gasteiger partial charge >= 0.3 is 12.4 Å². The number of alkyl halides is 6. The van der Waals surface area contributed by atoms with E-state index in [0.717, 1.165) is 29.5 Å². The minimum absolute atomic E-state index is 0.0639. The van der Waals surface area contributed by atoms with Gasteiger partial charge in [-0.15, -0.1) is 11.8 Å². The molecule has 0 aliphatic carbocycles. The molecule has 0 saturated carbocycles. The summed E-state index contributed by atoms with van der Waals surface area (Å²) in [4.78, 5) is -0.0639. The quantitative estimate of drug-likeness (QED) is 0.488. The van der Waals surface area contributed by atoms with Crippen LogP contribution in [0.5, 0.6) is 0 Å². The Morgan fingerprint density at radius 3 is 1.68 bits per heavy atom. The molecule has 0 saturated heterocycles. The summed E-state index contributed by atoms with van der Waals surface area (Å²) in [6, 6.07) is 10.4. The van der Waals surface area contributed by atoms with Gasteiger partial charge in [-0.25, -0.2) is 0 Å². The Balaban J connectivity index is 2.30. The highest BCUT2D eigenvalue weighted by molar-refractivity contribution is 7.98. The lowest BCUT2D eigenvalue weighted by atomic mass is 10.1. The van der Waals surface area contributed by atoms with Crippen molar-refractivity contribution in [3.63, 3.8) is 0 Å².